The summed E-state index contributed by atoms with van der Waals surface area (Å²) in [4.78, 5) is 17.7. The maximum absolute atomic E-state index is 12.0. The number of carbonyl (C=O) groups excluding carboxylic acids is 1. The number of hydrogen-bond donors (Lipinski definition) is 1. The smallest absolute Gasteiger partial charge is 0.230 e. The molecule has 0 aliphatic heterocycles. The zero-order valence-corrected chi connectivity index (χ0v) is 14.7. The quantitative estimate of drug-likeness (QED) is 0.617. The number of thiophene rings is 1. The Balaban J connectivity index is 1.65. The molecule has 0 aliphatic rings. The van der Waals surface area contributed by atoms with E-state index >= 15 is 0 Å². The van der Waals surface area contributed by atoms with Crippen molar-refractivity contribution < 1.29 is 4.79 Å². The van der Waals surface area contributed by atoms with Crippen LogP contribution < -0.4 is 5.32 Å². The zero-order valence-electron chi connectivity index (χ0n) is 10.9. The van der Waals surface area contributed by atoms with E-state index < -0.39 is 0 Å². The minimum atomic E-state index is -0.0416. The van der Waals surface area contributed by atoms with Crippen LogP contribution in [-0.2, 0) is 11.2 Å². The van der Waals surface area contributed by atoms with Gasteiger partial charge in [-0.05, 0) is 52.2 Å². The standard InChI is InChI=1S/C15H11IN2OS2/c16-10-3-1-4-11(7-10)17-14(19)8-12-9-21-15(18-12)13-5-2-6-20-13/h1-7,9H,8H2,(H,17,19). The number of amides is 1. The first-order chi connectivity index (χ1) is 10.2. The third kappa shape index (κ3) is 3.90. The summed E-state index contributed by atoms with van der Waals surface area (Å²) in [6.45, 7) is 0. The van der Waals surface area contributed by atoms with E-state index in [1.54, 1.807) is 22.7 Å². The summed E-state index contributed by atoms with van der Waals surface area (Å²) in [5, 5.41) is 7.85. The fourth-order valence-electron chi connectivity index (χ4n) is 1.84. The van der Waals surface area contributed by atoms with Gasteiger partial charge in [0.25, 0.3) is 0 Å². The highest BCUT2D eigenvalue weighted by atomic mass is 127. The Labute approximate surface area is 144 Å². The zero-order chi connectivity index (χ0) is 14.7. The summed E-state index contributed by atoms with van der Waals surface area (Å²) >= 11 is 5.46. The maximum Gasteiger partial charge on any atom is 0.230 e. The lowest BCUT2D eigenvalue weighted by molar-refractivity contribution is -0.115. The molecule has 2 heterocycles. The Kier molecular flexibility index (Phi) is 4.67. The van der Waals surface area contributed by atoms with Crippen LogP contribution in [0.15, 0.2) is 47.2 Å². The first kappa shape index (κ1) is 14.7. The normalized spacial score (nSPS) is 10.5. The molecule has 0 aliphatic carbocycles. The van der Waals surface area contributed by atoms with E-state index in [2.05, 4.69) is 32.9 Å². The fraction of sp³-hybridized carbons (Fsp3) is 0.0667. The largest absolute Gasteiger partial charge is 0.326 e. The summed E-state index contributed by atoms with van der Waals surface area (Å²) in [6.07, 6.45) is 0.299. The van der Waals surface area contributed by atoms with E-state index in [-0.39, 0.29) is 5.91 Å². The van der Waals surface area contributed by atoms with E-state index in [1.165, 1.54) is 0 Å². The maximum atomic E-state index is 12.0. The number of thiazole rings is 1. The molecule has 1 N–H and O–H groups in total. The van der Waals surface area contributed by atoms with Gasteiger partial charge in [0.15, 0.2) is 0 Å². The first-order valence-corrected chi connectivity index (χ1v) is 9.08. The molecule has 0 saturated heterocycles. The van der Waals surface area contributed by atoms with Crippen molar-refractivity contribution in [3.8, 4) is 9.88 Å². The molecule has 0 atom stereocenters. The van der Waals surface area contributed by atoms with Gasteiger partial charge in [0.05, 0.1) is 17.0 Å². The van der Waals surface area contributed by atoms with E-state index in [4.69, 9.17) is 0 Å². The second-order valence-electron chi connectivity index (χ2n) is 4.36. The molecular formula is C15H11IN2OS2. The Morgan fingerprint density at radius 3 is 2.90 bits per heavy atom. The van der Waals surface area contributed by atoms with E-state index in [1.807, 2.05) is 47.2 Å². The van der Waals surface area contributed by atoms with Gasteiger partial charge in [-0.2, -0.15) is 0 Å². The Bertz CT molecular complexity index is 753. The van der Waals surface area contributed by atoms with Crippen molar-refractivity contribution in [3.63, 3.8) is 0 Å². The summed E-state index contributed by atoms with van der Waals surface area (Å²) in [5.74, 6) is -0.0416. The fourth-order valence-corrected chi connectivity index (χ4v) is 4.01. The van der Waals surface area contributed by atoms with Crippen LogP contribution in [0.4, 0.5) is 5.69 Å². The molecule has 2 aromatic heterocycles. The molecule has 0 radical (unpaired) electrons. The minimum absolute atomic E-state index is 0.0416. The van der Waals surface area contributed by atoms with Gasteiger partial charge in [0.2, 0.25) is 5.91 Å². The number of carbonyl (C=O) groups is 1. The van der Waals surface area contributed by atoms with Crippen LogP contribution in [-0.4, -0.2) is 10.9 Å². The number of anilines is 1. The molecule has 6 heteroatoms. The molecule has 0 fully saturated rings. The predicted molar refractivity (Wildman–Crippen MR) is 96.9 cm³/mol. The van der Waals surface area contributed by atoms with Crippen LogP contribution in [0.5, 0.6) is 0 Å². The SMILES string of the molecule is O=C(Cc1csc(-c2cccs2)n1)Nc1cccc(I)c1. The van der Waals surface area contributed by atoms with Gasteiger partial charge in [0, 0.05) is 14.6 Å². The lowest BCUT2D eigenvalue weighted by atomic mass is 10.3. The number of aromatic nitrogens is 1. The van der Waals surface area contributed by atoms with Crippen LogP contribution in [0.25, 0.3) is 9.88 Å². The third-order valence-electron chi connectivity index (χ3n) is 2.73. The topological polar surface area (TPSA) is 42.0 Å². The van der Waals surface area contributed by atoms with Crippen LogP contribution in [0.1, 0.15) is 5.69 Å². The molecule has 3 rings (SSSR count). The van der Waals surface area contributed by atoms with E-state index in [0.29, 0.717) is 6.42 Å². The van der Waals surface area contributed by atoms with Gasteiger partial charge in [-0.25, -0.2) is 4.98 Å². The highest BCUT2D eigenvalue weighted by Crippen LogP contribution is 2.27. The number of benzene rings is 1. The Morgan fingerprint density at radius 1 is 1.24 bits per heavy atom. The number of halogens is 1. The number of nitrogens with zero attached hydrogens (tertiary/aromatic N) is 1. The number of rotatable bonds is 4. The molecular weight excluding hydrogens is 415 g/mol. The summed E-state index contributed by atoms with van der Waals surface area (Å²) in [5.41, 5.74) is 1.63. The van der Waals surface area contributed by atoms with Gasteiger partial charge in [-0.3, -0.25) is 4.79 Å². The molecule has 0 bridgehead atoms. The average Bonchev–Trinajstić information content (AvgIpc) is 3.08. The van der Waals surface area contributed by atoms with Crippen molar-refractivity contribution >= 4 is 56.9 Å². The molecule has 0 saturated carbocycles. The van der Waals surface area contributed by atoms with Gasteiger partial charge in [-0.15, -0.1) is 22.7 Å². The van der Waals surface area contributed by atoms with Gasteiger partial charge in [0.1, 0.15) is 5.01 Å². The van der Waals surface area contributed by atoms with Crippen molar-refractivity contribution in [2.45, 2.75) is 6.42 Å². The molecule has 3 nitrogen and oxygen atoms in total. The van der Waals surface area contributed by atoms with Crippen molar-refractivity contribution in [1.29, 1.82) is 0 Å². The van der Waals surface area contributed by atoms with Gasteiger partial charge < -0.3 is 5.32 Å². The van der Waals surface area contributed by atoms with Gasteiger partial charge >= 0.3 is 0 Å². The van der Waals surface area contributed by atoms with E-state index in [9.17, 15) is 4.79 Å². The summed E-state index contributed by atoms with van der Waals surface area (Å²) < 4.78 is 1.10. The number of nitrogens with one attached hydrogen (secondary N) is 1. The minimum Gasteiger partial charge on any atom is -0.326 e. The molecule has 106 valence electrons. The lowest BCUT2D eigenvalue weighted by Crippen LogP contribution is -2.14. The third-order valence-corrected chi connectivity index (χ3v) is 5.33. The predicted octanol–water partition coefficient (Wildman–Crippen LogP) is 4.66. The van der Waals surface area contributed by atoms with Crippen molar-refractivity contribution in [2.75, 3.05) is 5.32 Å². The Hall–Kier alpha value is -1.25. The van der Waals surface area contributed by atoms with Crippen LogP contribution >= 0.6 is 45.3 Å². The van der Waals surface area contributed by atoms with E-state index in [0.717, 1.165) is 24.8 Å². The molecule has 0 unspecified atom stereocenters. The summed E-state index contributed by atoms with van der Waals surface area (Å²) in [7, 11) is 0. The van der Waals surface area contributed by atoms with Crippen molar-refractivity contribution in [2.24, 2.45) is 0 Å². The van der Waals surface area contributed by atoms with Crippen LogP contribution in [0, 0.1) is 3.57 Å². The number of hydrogen-bond acceptors (Lipinski definition) is 4. The van der Waals surface area contributed by atoms with Crippen molar-refractivity contribution in [1.82, 2.24) is 4.98 Å². The molecule has 3 aromatic rings. The molecule has 0 spiro atoms. The second kappa shape index (κ2) is 6.67. The van der Waals surface area contributed by atoms with Crippen LogP contribution in [0.3, 0.4) is 0 Å². The lowest BCUT2D eigenvalue weighted by Gasteiger charge is -2.04. The Morgan fingerprint density at radius 2 is 2.14 bits per heavy atom. The average molecular weight is 426 g/mol. The second-order valence-corrected chi connectivity index (χ2v) is 7.41. The first-order valence-electron chi connectivity index (χ1n) is 6.24. The summed E-state index contributed by atoms with van der Waals surface area (Å²) in [6, 6.07) is 11.8. The highest BCUT2D eigenvalue weighted by Gasteiger charge is 2.10. The van der Waals surface area contributed by atoms with Gasteiger partial charge in [-0.1, -0.05) is 12.1 Å². The molecule has 1 amide bonds. The van der Waals surface area contributed by atoms with Crippen LogP contribution in [0.2, 0.25) is 0 Å². The van der Waals surface area contributed by atoms with Crippen molar-refractivity contribution in [3.05, 3.63) is 56.4 Å². The monoisotopic (exact) mass is 426 g/mol. The molecule has 21 heavy (non-hydrogen) atoms. The highest BCUT2D eigenvalue weighted by molar-refractivity contribution is 14.1. The molecule has 1 aromatic carbocycles.